The van der Waals surface area contributed by atoms with Crippen LogP contribution in [0, 0.1) is 10.1 Å². The van der Waals surface area contributed by atoms with Gasteiger partial charge in [0.05, 0.1) is 15.0 Å². The Morgan fingerprint density at radius 3 is 2.64 bits per heavy atom. The number of halogens is 2. The van der Waals surface area contributed by atoms with Crippen LogP contribution in [0.3, 0.4) is 0 Å². The van der Waals surface area contributed by atoms with Crippen molar-refractivity contribution in [2.75, 3.05) is 5.32 Å². The van der Waals surface area contributed by atoms with E-state index in [9.17, 15) is 19.7 Å². The molecular formula is C15H11Cl2N3O5. The van der Waals surface area contributed by atoms with Crippen LogP contribution >= 0.6 is 23.2 Å². The van der Waals surface area contributed by atoms with Crippen LogP contribution in [-0.2, 0) is 9.53 Å². The second-order valence-corrected chi connectivity index (χ2v) is 5.64. The van der Waals surface area contributed by atoms with Crippen LogP contribution in [0.5, 0.6) is 0 Å². The van der Waals surface area contributed by atoms with Gasteiger partial charge in [-0.15, -0.1) is 0 Å². The Labute approximate surface area is 151 Å². The second-order valence-electron chi connectivity index (χ2n) is 4.80. The molecule has 0 bridgehead atoms. The van der Waals surface area contributed by atoms with Crippen molar-refractivity contribution in [3.8, 4) is 0 Å². The number of nitrogens with zero attached hydrogens (tertiary/aromatic N) is 2. The standard InChI is InChI=1S/C15H11Cl2N3O5/c1-8(14(21)19-13-11(17)6-9(16)7-18-13)25-15(22)10-4-2-3-5-12(10)20(23)24/h2-8H,1H3,(H,18,19,21). The first-order chi connectivity index (χ1) is 11.8. The number of rotatable bonds is 5. The molecular weight excluding hydrogens is 373 g/mol. The number of benzene rings is 1. The van der Waals surface area contributed by atoms with Gasteiger partial charge >= 0.3 is 5.97 Å². The number of nitro benzene ring substituents is 1. The van der Waals surface area contributed by atoms with Crippen LogP contribution in [0.15, 0.2) is 36.5 Å². The number of amides is 1. The number of hydrogen-bond acceptors (Lipinski definition) is 6. The molecule has 1 unspecified atom stereocenters. The average molecular weight is 384 g/mol. The van der Waals surface area contributed by atoms with E-state index in [4.69, 9.17) is 27.9 Å². The zero-order valence-corrected chi connectivity index (χ0v) is 14.2. The molecule has 8 nitrogen and oxygen atoms in total. The summed E-state index contributed by atoms with van der Waals surface area (Å²) in [4.78, 5) is 38.2. The monoisotopic (exact) mass is 383 g/mol. The van der Waals surface area contributed by atoms with Gasteiger partial charge < -0.3 is 10.1 Å². The van der Waals surface area contributed by atoms with Gasteiger partial charge in [-0.05, 0) is 19.1 Å². The number of ether oxygens (including phenoxy) is 1. The van der Waals surface area contributed by atoms with Crippen molar-refractivity contribution in [3.05, 3.63) is 62.3 Å². The van der Waals surface area contributed by atoms with Crippen molar-refractivity contribution >= 4 is 46.6 Å². The van der Waals surface area contributed by atoms with Crippen molar-refractivity contribution in [1.29, 1.82) is 0 Å². The van der Waals surface area contributed by atoms with Crippen LogP contribution in [-0.4, -0.2) is 27.9 Å². The fourth-order valence-electron chi connectivity index (χ4n) is 1.81. The molecule has 1 atom stereocenters. The quantitative estimate of drug-likeness (QED) is 0.480. The number of hydrogen-bond donors (Lipinski definition) is 1. The Balaban J connectivity index is 2.08. The highest BCUT2D eigenvalue weighted by molar-refractivity contribution is 6.36. The van der Waals surface area contributed by atoms with Gasteiger partial charge in [0.1, 0.15) is 5.56 Å². The second kappa shape index (κ2) is 7.91. The first-order valence-corrected chi connectivity index (χ1v) is 7.61. The van der Waals surface area contributed by atoms with Gasteiger partial charge in [-0.1, -0.05) is 35.3 Å². The Hall–Kier alpha value is -2.71. The Morgan fingerprint density at radius 1 is 1.32 bits per heavy atom. The lowest BCUT2D eigenvalue weighted by molar-refractivity contribution is -0.385. The number of esters is 1. The number of carbonyl (C=O) groups is 2. The Kier molecular flexibility index (Phi) is 5.89. The smallest absolute Gasteiger partial charge is 0.345 e. The molecule has 1 heterocycles. The predicted octanol–water partition coefficient (Wildman–Crippen LogP) is 3.48. The highest BCUT2D eigenvalue weighted by Crippen LogP contribution is 2.23. The lowest BCUT2D eigenvalue weighted by Gasteiger charge is -2.13. The fraction of sp³-hybridized carbons (Fsp3) is 0.133. The zero-order chi connectivity index (χ0) is 18.6. The van der Waals surface area contributed by atoms with Crippen molar-refractivity contribution in [3.63, 3.8) is 0 Å². The number of carbonyl (C=O) groups excluding carboxylic acids is 2. The molecule has 0 saturated carbocycles. The lowest BCUT2D eigenvalue weighted by atomic mass is 10.2. The molecule has 10 heteroatoms. The van der Waals surface area contributed by atoms with E-state index in [2.05, 4.69) is 10.3 Å². The molecule has 2 rings (SSSR count). The lowest BCUT2D eigenvalue weighted by Crippen LogP contribution is -2.30. The highest BCUT2D eigenvalue weighted by atomic mass is 35.5. The molecule has 25 heavy (non-hydrogen) atoms. The minimum Gasteiger partial charge on any atom is -0.449 e. The molecule has 130 valence electrons. The van der Waals surface area contributed by atoms with Gasteiger partial charge in [0.2, 0.25) is 0 Å². The summed E-state index contributed by atoms with van der Waals surface area (Å²) in [6.45, 7) is 1.31. The summed E-state index contributed by atoms with van der Waals surface area (Å²) >= 11 is 11.6. The normalized spacial score (nSPS) is 11.5. The van der Waals surface area contributed by atoms with E-state index < -0.39 is 28.6 Å². The Morgan fingerprint density at radius 2 is 2.00 bits per heavy atom. The van der Waals surface area contributed by atoms with E-state index in [-0.39, 0.29) is 16.4 Å². The van der Waals surface area contributed by atoms with Crippen molar-refractivity contribution in [1.82, 2.24) is 4.98 Å². The minimum absolute atomic E-state index is 0.0460. The van der Waals surface area contributed by atoms with Crippen molar-refractivity contribution in [2.24, 2.45) is 0 Å². The van der Waals surface area contributed by atoms with Gasteiger partial charge in [0, 0.05) is 12.3 Å². The maximum Gasteiger partial charge on any atom is 0.345 e. The van der Waals surface area contributed by atoms with Gasteiger partial charge in [0.15, 0.2) is 11.9 Å². The topological polar surface area (TPSA) is 111 Å². The molecule has 0 fully saturated rings. The van der Waals surface area contributed by atoms with E-state index in [1.54, 1.807) is 0 Å². The SMILES string of the molecule is CC(OC(=O)c1ccccc1[N+](=O)[O-])C(=O)Nc1ncc(Cl)cc1Cl. The summed E-state index contributed by atoms with van der Waals surface area (Å²) in [5.74, 6) is -1.65. The van der Waals surface area contributed by atoms with Crippen LogP contribution in [0.2, 0.25) is 10.0 Å². The largest absolute Gasteiger partial charge is 0.449 e. The molecule has 1 aromatic heterocycles. The fourth-order valence-corrected chi connectivity index (χ4v) is 2.24. The molecule has 1 N–H and O–H groups in total. The predicted molar refractivity (Wildman–Crippen MR) is 90.9 cm³/mol. The summed E-state index contributed by atoms with van der Waals surface area (Å²) < 4.78 is 4.97. The van der Waals surface area contributed by atoms with Crippen LogP contribution in [0.1, 0.15) is 17.3 Å². The number of para-hydroxylation sites is 1. The zero-order valence-electron chi connectivity index (χ0n) is 12.7. The number of pyridine rings is 1. The number of anilines is 1. The highest BCUT2D eigenvalue weighted by Gasteiger charge is 2.25. The van der Waals surface area contributed by atoms with Crippen molar-refractivity contribution in [2.45, 2.75) is 13.0 Å². The van der Waals surface area contributed by atoms with Crippen molar-refractivity contribution < 1.29 is 19.2 Å². The number of nitrogens with one attached hydrogen (secondary N) is 1. The molecule has 0 radical (unpaired) electrons. The summed E-state index contributed by atoms with van der Waals surface area (Å²) in [5.41, 5.74) is -0.669. The first-order valence-electron chi connectivity index (χ1n) is 6.86. The molecule has 0 saturated heterocycles. The summed E-state index contributed by atoms with van der Waals surface area (Å²) in [6.07, 6.45) is 0.0495. The summed E-state index contributed by atoms with van der Waals surface area (Å²) in [7, 11) is 0. The van der Waals surface area contributed by atoms with Crippen LogP contribution in [0.25, 0.3) is 0 Å². The third-order valence-electron chi connectivity index (χ3n) is 3.02. The Bertz CT molecular complexity index is 844. The van der Waals surface area contributed by atoms with E-state index in [1.807, 2.05) is 0 Å². The molecule has 0 spiro atoms. The van der Waals surface area contributed by atoms with E-state index >= 15 is 0 Å². The van der Waals surface area contributed by atoms with Crippen LogP contribution in [0.4, 0.5) is 11.5 Å². The molecule has 1 amide bonds. The molecule has 0 aliphatic carbocycles. The number of aromatic nitrogens is 1. The molecule has 1 aromatic carbocycles. The van der Waals surface area contributed by atoms with E-state index in [0.29, 0.717) is 5.02 Å². The third kappa shape index (κ3) is 4.65. The molecule has 0 aliphatic rings. The maximum atomic E-state index is 12.1. The van der Waals surface area contributed by atoms with Gasteiger partial charge in [-0.2, -0.15) is 0 Å². The number of nitro groups is 1. The molecule has 0 aliphatic heterocycles. The average Bonchev–Trinajstić information content (AvgIpc) is 2.57. The first kappa shape index (κ1) is 18.6. The van der Waals surface area contributed by atoms with Gasteiger partial charge in [-0.25, -0.2) is 9.78 Å². The van der Waals surface area contributed by atoms with E-state index in [0.717, 1.165) is 0 Å². The van der Waals surface area contributed by atoms with Crippen LogP contribution < -0.4 is 5.32 Å². The third-order valence-corrected chi connectivity index (χ3v) is 3.52. The molecule has 2 aromatic rings. The van der Waals surface area contributed by atoms with Gasteiger partial charge in [0.25, 0.3) is 11.6 Å². The minimum atomic E-state index is -1.24. The summed E-state index contributed by atoms with van der Waals surface area (Å²) in [5, 5.41) is 13.7. The maximum absolute atomic E-state index is 12.1. The van der Waals surface area contributed by atoms with E-state index in [1.165, 1.54) is 43.5 Å². The summed E-state index contributed by atoms with van der Waals surface area (Å²) in [6, 6.07) is 6.65. The van der Waals surface area contributed by atoms with Gasteiger partial charge in [-0.3, -0.25) is 14.9 Å².